The molecule has 0 radical (unpaired) electrons. The van der Waals surface area contributed by atoms with Crippen LogP contribution in [0.3, 0.4) is 0 Å². The quantitative estimate of drug-likeness (QED) is 0.505. The van der Waals surface area contributed by atoms with Crippen molar-refractivity contribution in [2.75, 3.05) is 27.3 Å². The fourth-order valence-electron chi connectivity index (χ4n) is 4.29. The van der Waals surface area contributed by atoms with E-state index in [2.05, 4.69) is 4.98 Å². The van der Waals surface area contributed by atoms with E-state index in [1.807, 2.05) is 13.8 Å². The molecule has 0 N–H and O–H groups in total. The Labute approximate surface area is 199 Å². The van der Waals surface area contributed by atoms with Crippen LogP contribution in [0.4, 0.5) is 0 Å². The smallest absolute Gasteiger partial charge is 0.242 e. The zero-order valence-corrected chi connectivity index (χ0v) is 20.5. The number of imidazole rings is 1. The molecule has 9 nitrogen and oxygen atoms in total. The molecule has 1 aromatic heterocycles. The summed E-state index contributed by atoms with van der Waals surface area (Å²) in [4.78, 5) is 19.3. The van der Waals surface area contributed by atoms with Crippen molar-refractivity contribution in [1.82, 2.24) is 14.5 Å². The van der Waals surface area contributed by atoms with Gasteiger partial charge in [-0.2, -0.15) is 0 Å². The highest BCUT2D eigenvalue weighted by molar-refractivity contribution is 7.90. The van der Waals surface area contributed by atoms with Gasteiger partial charge in [0.25, 0.3) is 0 Å². The summed E-state index contributed by atoms with van der Waals surface area (Å²) in [5.74, 6) is 0.487. The number of nitrogens with zero attached hydrogens (tertiary/aromatic N) is 3. The van der Waals surface area contributed by atoms with Crippen LogP contribution in [0.25, 0.3) is 11.0 Å². The summed E-state index contributed by atoms with van der Waals surface area (Å²) in [7, 11) is -0.898. The number of sulfone groups is 1. The third kappa shape index (κ3) is 5.02. The maximum absolute atomic E-state index is 13.5. The SMILES string of the molecule is COc1cc(CS(=O)(=O)c2nc3ccccc3n2CC(=O)N2C[C@@H](C)O[C@@H](C)C2)cc(OC)c1. The van der Waals surface area contributed by atoms with Gasteiger partial charge in [-0.3, -0.25) is 4.79 Å². The first kappa shape index (κ1) is 24.0. The van der Waals surface area contributed by atoms with Crippen molar-refractivity contribution >= 4 is 26.8 Å². The van der Waals surface area contributed by atoms with E-state index in [1.54, 1.807) is 47.4 Å². The van der Waals surface area contributed by atoms with Gasteiger partial charge in [-0.05, 0) is 43.7 Å². The molecular formula is C24H29N3O6S. The lowest BCUT2D eigenvalue weighted by molar-refractivity contribution is -0.143. The van der Waals surface area contributed by atoms with Gasteiger partial charge in [-0.1, -0.05) is 12.1 Å². The number of methoxy groups -OCH3 is 2. The van der Waals surface area contributed by atoms with Crippen molar-refractivity contribution in [3.8, 4) is 11.5 Å². The second kappa shape index (κ2) is 9.63. The molecule has 0 saturated carbocycles. The Kier molecular flexibility index (Phi) is 6.81. The van der Waals surface area contributed by atoms with Crippen molar-refractivity contribution in [1.29, 1.82) is 0 Å². The van der Waals surface area contributed by atoms with Crippen molar-refractivity contribution < 1.29 is 27.4 Å². The maximum Gasteiger partial charge on any atom is 0.242 e. The maximum atomic E-state index is 13.5. The van der Waals surface area contributed by atoms with Crippen molar-refractivity contribution in [3.63, 3.8) is 0 Å². The average Bonchev–Trinajstić information content (AvgIpc) is 3.17. The standard InChI is InChI=1S/C24H29N3O6S/c1-16-12-26(13-17(2)33-16)23(28)14-27-22-8-6-5-7-21(22)25-24(27)34(29,30)15-18-9-19(31-3)11-20(10-18)32-4/h5-11,16-17H,12-15H2,1-4H3/t16-,17+. The fourth-order valence-corrected chi connectivity index (χ4v) is 5.76. The third-order valence-electron chi connectivity index (χ3n) is 5.73. The summed E-state index contributed by atoms with van der Waals surface area (Å²) >= 11 is 0. The first-order valence-corrected chi connectivity index (χ1v) is 12.7. The number of ether oxygens (including phenoxy) is 3. The van der Waals surface area contributed by atoms with Crippen LogP contribution in [0.5, 0.6) is 11.5 Å². The zero-order chi connectivity index (χ0) is 24.5. The minimum Gasteiger partial charge on any atom is -0.497 e. The van der Waals surface area contributed by atoms with Crippen molar-refractivity contribution in [3.05, 3.63) is 48.0 Å². The molecule has 4 rings (SSSR count). The monoisotopic (exact) mass is 487 g/mol. The highest BCUT2D eigenvalue weighted by Gasteiger charge is 2.30. The van der Waals surface area contributed by atoms with Crippen LogP contribution in [0.2, 0.25) is 0 Å². The van der Waals surface area contributed by atoms with Crippen LogP contribution < -0.4 is 9.47 Å². The number of hydrogen-bond acceptors (Lipinski definition) is 7. The van der Waals surface area contributed by atoms with E-state index in [-0.39, 0.29) is 35.6 Å². The number of fused-ring (bicyclic) bond motifs is 1. The molecule has 0 aliphatic carbocycles. The van der Waals surface area contributed by atoms with Gasteiger partial charge >= 0.3 is 0 Å². The molecule has 34 heavy (non-hydrogen) atoms. The summed E-state index contributed by atoms with van der Waals surface area (Å²) in [6.07, 6.45) is -0.169. The number of carbonyl (C=O) groups is 1. The molecule has 0 unspecified atom stereocenters. The molecule has 2 heterocycles. The van der Waals surface area contributed by atoms with Gasteiger partial charge in [0.15, 0.2) is 0 Å². The van der Waals surface area contributed by atoms with Crippen LogP contribution in [0.15, 0.2) is 47.6 Å². The van der Waals surface area contributed by atoms with Gasteiger partial charge < -0.3 is 23.7 Å². The Hall–Kier alpha value is -3.11. The van der Waals surface area contributed by atoms with E-state index in [0.717, 1.165) is 0 Å². The van der Waals surface area contributed by atoms with E-state index in [0.29, 0.717) is 41.2 Å². The molecule has 0 bridgehead atoms. The van der Waals surface area contributed by atoms with Crippen LogP contribution >= 0.6 is 0 Å². The lowest BCUT2D eigenvalue weighted by Gasteiger charge is -2.35. The molecule has 2 aromatic carbocycles. The van der Waals surface area contributed by atoms with E-state index in [9.17, 15) is 13.2 Å². The highest BCUT2D eigenvalue weighted by atomic mass is 32.2. The minimum absolute atomic E-state index is 0.0847. The Morgan fingerprint density at radius 1 is 1.06 bits per heavy atom. The Balaban J connectivity index is 1.70. The predicted octanol–water partition coefficient (Wildman–Crippen LogP) is 2.66. The largest absolute Gasteiger partial charge is 0.497 e. The summed E-state index contributed by atoms with van der Waals surface area (Å²) in [6, 6.07) is 12.1. The number of rotatable bonds is 7. The molecule has 182 valence electrons. The van der Waals surface area contributed by atoms with Crippen molar-refractivity contribution in [2.45, 2.75) is 43.5 Å². The van der Waals surface area contributed by atoms with E-state index < -0.39 is 9.84 Å². The predicted molar refractivity (Wildman–Crippen MR) is 127 cm³/mol. The molecule has 0 spiro atoms. The lowest BCUT2D eigenvalue weighted by atomic mass is 10.2. The van der Waals surface area contributed by atoms with E-state index >= 15 is 0 Å². The number of morpholine rings is 1. The number of benzene rings is 2. The number of amides is 1. The van der Waals surface area contributed by atoms with Crippen LogP contribution in [-0.2, 0) is 31.7 Å². The molecule has 1 fully saturated rings. The zero-order valence-electron chi connectivity index (χ0n) is 19.7. The molecule has 1 aliphatic heterocycles. The molecule has 1 saturated heterocycles. The van der Waals surface area contributed by atoms with E-state index in [1.165, 1.54) is 18.8 Å². The second-order valence-corrected chi connectivity index (χ2v) is 10.4. The van der Waals surface area contributed by atoms with Crippen molar-refractivity contribution in [2.24, 2.45) is 0 Å². The van der Waals surface area contributed by atoms with E-state index in [4.69, 9.17) is 14.2 Å². The summed E-state index contributed by atoms with van der Waals surface area (Å²) < 4.78 is 44.8. The number of hydrogen-bond donors (Lipinski definition) is 0. The molecule has 2 atom stereocenters. The molecule has 3 aromatic rings. The van der Waals surface area contributed by atoms with Gasteiger partial charge in [0.1, 0.15) is 18.0 Å². The van der Waals surface area contributed by atoms with Crippen LogP contribution in [0, 0.1) is 0 Å². The molecule has 10 heteroatoms. The number of carbonyl (C=O) groups excluding carboxylic acids is 1. The Morgan fingerprint density at radius 3 is 2.29 bits per heavy atom. The lowest BCUT2D eigenvalue weighted by Crippen LogP contribution is -2.49. The van der Waals surface area contributed by atoms with Gasteiger partial charge in [-0.15, -0.1) is 0 Å². The Morgan fingerprint density at radius 2 is 1.68 bits per heavy atom. The molecular weight excluding hydrogens is 458 g/mol. The van der Waals surface area contributed by atoms with Gasteiger partial charge in [0.2, 0.25) is 20.9 Å². The first-order valence-electron chi connectivity index (χ1n) is 11.0. The highest BCUT2D eigenvalue weighted by Crippen LogP contribution is 2.27. The number of para-hydroxylation sites is 2. The second-order valence-electron chi connectivity index (χ2n) is 8.51. The summed E-state index contributed by atoms with van der Waals surface area (Å²) in [6.45, 7) is 4.63. The van der Waals surface area contributed by atoms with Gasteiger partial charge in [0, 0.05) is 19.2 Å². The fraction of sp³-hybridized carbons (Fsp3) is 0.417. The number of aromatic nitrogens is 2. The summed E-state index contributed by atoms with van der Waals surface area (Å²) in [5.41, 5.74) is 1.60. The average molecular weight is 488 g/mol. The normalized spacial score (nSPS) is 18.8. The Bertz CT molecular complexity index is 1270. The molecule has 1 amide bonds. The van der Waals surface area contributed by atoms with Gasteiger partial charge in [0.05, 0.1) is 43.2 Å². The molecule has 1 aliphatic rings. The minimum atomic E-state index is -3.91. The first-order chi connectivity index (χ1) is 16.2. The van der Waals surface area contributed by atoms with Crippen LogP contribution in [0.1, 0.15) is 19.4 Å². The topological polar surface area (TPSA) is 100.0 Å². The van der Waals surface area contributed by atoms with Gasteiger partial charge in [-0.25, -0.2) is 13.4 Å². The van der Waals surface area contributed by atoms with Crippen LogP contribution in [-0.4, -0.2) is 68.3 Å². The third-order valence-corrected chi connectivity index (χ3v) is 7.31. The summed E-state index contributed by atoms with van der Waals surface area (Å²) in [5, 5.41) is -0.141.